The van der Waals surface area contributed by atoms with Crippen molar-refractivity contribution in [3.05, 3.63) is 27.9 Å². The molecule has 20 heavy (non-hydrogen) atoms. The summed E-state index contributed by atoms with van der Waals surface area (Å²) in [7, 11) is 1.79. The molecule has 8 heteroatoms. The first-order valence-corrected chi connectivity index (χ1v) is 6.34. The van der Waals surface area contributed by atoms with E-state index in [-0.39, 0.29) is 0 Å². The number of rotatable bonds is 1. The zero-order chi connectivity index (χ0) is 14.9. The molecule has 0 radical (unpaired) electrons. The molecule has 0 bridgehead atoms. The summed E-state index contributed by atoms with van der Waals surface area (Å²) in [5, 5.41) is 7.91. The van der Waals surface area contributed by atoms with Crippen LogP contribution < -0.4 is 0 Å². The van der Waals surface area contributed by atoms with E-state index in [9.17, 15) is 4.79 Å². The molecule has 0 saturated carbocycles. The Bertz CT molecular complexity index is 567. The Hall–Kier alpha value is -2.21. The van der Waals surface area contributed by atoms with Gasteiger partial charge in [-0.1, -0.05) is 5.11 Å². The summed E-state index contributed by atoms with van der Waals surface area (Å²) < 4.78 is 7.03. The van der Waals surface area contributed by atoms with Crippen molar-refractivity contribution in [1.29, 1.82) is 0 Å². The lowest BCUT2D eigenvalue weighted by molar-refractivity contribution is 0.0204. The number of hydrogen-bond acceptors (Lipinski definition) is 4. The second kappa shape index (κ2) is 5.05. The van der Waals surface area contributed by atoms with Crippen molar-refractivity contribution in [2.75, 3.05) is 6.54 Å². The smallest absolute Gasteiger partial charge is 0.410 e. The van der Waals surface area contributed by atoms with Crippen LogP contribution >= 0.6 is 0 Å². The van der Waals surface area contributed by atoms with Crippen LogP contribution in [0.4, 0.5) is 4.79 Å². The number of fused-ring (bicyclic) bond motifs is 1. The molecule has 0 aliphatic carbocycles. The number of carbonyl (C=O) groups excluding carboxylic acids is 1. The van der Waals surface area contributed by atoms with Crippen LogP contribution in [0.25, 0.3) is 10.4 Å². The van der Waals surface area contributed by atoms with Crippen LogP contribution in [0.15, 0.2) is 11.3 Å². The summed E-state index contributed by atoms with van der Waals surface area (Å²) in [4.78, 5) is 16.5. The average molecular weight is 278 g/mol. The molecule has 1 unspecified atom stereocenters. The van der Waals surface area contributed by atoms with Gasteiger partial charge in [-0.3, -0.25) is 4.68 Å². The van der Waals surface area contributed by atoms with Crippen molar-refractivity contribution >= 4 is 6.09 Å². The number of hydrogen-bond donors (Lipinski definition) is 0. The lowest BCUT2D eigenvalue weighted by atomic mass is 10.0. The lowest BCUT2D eigenvalue weighted by Gasteiger charge is -2.32. The van der Waals surface area contributed by atoms with Crippen molar-refractivity contribution in [1.82, 2.24) is 14.7 Å². The largest absolute Gasteiger partial charge is 0.444 e. The van der Waals surface area contributed by atoms with Crippen molar-refractivity contribution < 1.29 is 9.53 Å². The molecule has 1 aromatic rings. The van der Waals surface area contributed by atoms with Crippen LogP contribution in [-0.2, 0) is 18.3 Å². The number of aryl methyl sites for hydroxylation is 1. The molecule has 1 aliphatic rings. The predicted octanol–water partition coefficient (Wildman–Crippen LogP) is 2.52. The molecule has 0 fully saturated rings. The highest BCUT2D eigenvalue weighted by Gasteiger charge is 2.32. The fourth-order valence-corrected chi connectivity index (χ4v) is 2.23. The van der Waals surface area contributed by atoms with Crippen LogP contribution in [0.3, 0.4) is 0 Å². The third-order valence-electron chi connectivity index (χ3n) is 2.98. The van der Waals surface area contributed by atoms with Gasteiger partial charge < -0.3 is 9.64 Å². The van der Waals surface area contributed by atoms with Gasteiger partial charge in [0.05, 0.1) is 24.5 Å². The van der Waals surface area contributed by atoms with E-state index >= 15 is 0 Å². The van der Waals surface area contributed by atoms with Crippen LogP contribution in [0.5, 0.6) is 0 Å². The first-order chi connectivity index (χ1) is 9.31. The third-order valence-corrected chi connectivity index (χ3v) is 2.98. The first kappa shape index (κ1) is 14.2. The molecule has 1 aliphatic heterocycles. The van der Waals surface area contributed by atoms with Crippen LogP contribution in [-0.4, -0.2) is 32.9 Å². The highest BCUT2D eigenvalue weighted by molar-refractivity contribution is 5.68. The second-order valence-electron chi connectivity index (χ2n) is 5.76. The number of ether oxygens (including phenoxy) is 1. The summed E-state index contributed by atoms with van der Waals surface area (Å²) in [6.07, 6.45) is 1.27. The quantitative estimate of drug-likeness (QED) is 0.448. The Morgan fingerprint density at radius 1 is 1.60 bits per heavy atom. The zero-order valence-electron chi connectivity index (χ0n) is 12.1. The fraction of sp³-hybridized carbons (Fsp3) is 0.667. The van der Waals surface area contributed by atoms with Crippen molar-refractivity contribution in [3.8, 4) is 0 Å². The lowest BCUT2D eigenvalue weighted by Crippen LogP contribution is -2.41. The molecule has 0 aromatic carbocycles. The van der Waals surface area contributed by atoms with E-state index in [1.807, 2.05) is 20.8 Å². The first-order valence-electron chi connectivity index (χ1n) is 6.34. The molecule has 2 rings (SSSR count). The molecule has 2 heterocycles. The van der Waals surface area contributed by atoms with E-state index in [0.717, 1.165) is 11.3 Å². The average Bonchev–Trinajstić information content (AvgIpc) is 2.69. The van der Waals surface area contributed by atoms with Crippen LogP contribution in [0.1, 0.15) is 38.1 Å². The molecular formula is C12H18N6O2. The Morgan fingerprint density at radius 2 is 2.30 bits per heavy atom. The number of amides is 1. The van der Waals surface area contributed by atoms with Gasteiger partial charge in [0.1, 0.15) is 5.60 Å². The van der Waals surface area contributed by atoms with Gasteiger partial charge in [0.25, 0.3) is 0 Å². The van der Waals surface area contributed by atoms with Gasteiger partial charge in [0.2, 0.25) is 0 Å². The monoisotopic (exact) mass is 278 g/mol. The van der Waals surface area contributed by atoms with Gasteiger partial charge in [-0.05, 0) is 26.3 Å². The molecule has 0 saturated heterocycles. The third kappa shape index (κ3) is 2.85. The molecule has 0 spiro atoms. The molecule has 1 aromatic heterocycles. The van der Waals surface area contributed by atoms with E-state index in [4.69, 9.17) is 10.3 Å². The zero-order valence-corrected chi connectivity index (χ0v) is 12.1. The predicted molar refractivity (Wildman–Crippen MR) is 71.7 cm³/mol. The van der Waals surface area contributed by atoms with E-state index in [1.54, 1.807) is 17.9 Å². The summed E-state index contributed by atoms with van der Waals surface area (Å²) in [5.41, 5.74) is 9.85. The fourth-order valence-electron chi connectivity index (χ4n) is 2.23. The Labute approximate surface area is 116 Å². The normalized spacial score (nSPS) is 18.2. The van der Waals surface area contributed by atoms with Crippen molar-refractivity contribution in [2.45, 2.75) is 39.0 Å². The topological polar surface area (TPSA) is 96.1 Å². The SMILES string of the molecule is Cn1ncc2c1C(N=[N+]=[N-])CN(C(=O)OC(C)(C)C)C2. The van der Waals surface area contributed by atoms with Crippen molar-refractivity contribution in [3.63, 3.8) is 0 Å². The Kier molecular flexibility index (Phi) is 3.59. The summed E-state index contributed by atoms with van der Waals surface area (Å²) in [5.74, 6) is 0. The number of carbonyl (C=O) groups is 1. The van der Waals surface area contributed by atoms with E-state index in [2.05, 4.69) is 15.1 Å². The van der Waals surface area contributed by atoms with Crippen LogP contribution in [0, 0.1) is 0 Å². The molecule has 8 nitrogen and oxygen atoms in total. The maximum Gasteiger partial charge on any atom is 0.410 e. The minimum Gasteiger partial charge on any atom is -0.444 e. The summed E-state index contributed by atoms with van der Waals surface area (Å²) in [6, 6.07) is -0.441. The van der Waals surface area contributed by atoms with Gasteiger partial charge in [0.15, 0.2) is 0 Å². The standard InChI is InChI=1S/C12H18N6O2/c1-12(2,3)20-11(19)18-6-8-5-14-17(4)10(8)9(7-18)15-16-13/h5,9H,6-7H2,1-4H3. The van der Waals surface area contributed by atoms with E-state index in [0.29, 0.717) is 13.1 Å². The van der Waals surface area contributed by atoms with Crippen molar-refractivity contribution in [2.24, 2.45) is 12.2 Å². The Balaban J connectivity index is 2.25. The summed E-state index contributed by atoms with van der Waals surface area (Å²) in [6.45, 7) is 6.15. The second-order valence-corrected chi connectivity index (χ2v) is 5.76. The maximum atomic E-state index is 12.1. The highest BCUT2D eigenvalue weighted by atomic mass is 16.6. The highest BCUT2D eigenvalue weighted by Crippen LogP contribution is 2.29. The molecule has 0 N–H and O–H groups in total. The van der Waals surface area contributed by atoms with Gasteiger partial charge in [-0.25, -0.2) is 4.79 Å². The van der Waals surface area contributed by atoms with Gasteiger partial charge in [-0.2, -0.15) is 5.10 Å². The van der Waals surface area contributed by atoms with E-state index in [1.165, 1.54) is 4.90 Å². The molecular weight excluding hydrogens is 260 g/mol. The molecule has 1 amide bonds. The number of nitrogens with zero attached hydrogens (tertiary/aromatic N) is 6. The van der Waals surface area contributed by atoms with Gasteiger partial charge in [0, 0.05) is 24.1 Å². The minimum absolute atomic E-state index is 0.297. The molecule has 108 valence electrons. The van der Waals surface area contributed by atoms with Gasteiger partial charge in [-0.15, -0.1) is 0 Å². The maximum absolute atomic E-state index is 12.1. The summed E-state index contributed by atoms with van der Waals surface area (Å²) >= 11 is 0. The Morgan fingerprint density at radius 3 is 2.90 bits per heavy atom. The minimum atomic E-state index is -0.555. The molecule has 1 atom stereocenters. The van der Waals surface area contributed by atoms with Gasteiger partial charge >= 0.3 is 6.09 Å². The van der Waals surface area contributed by atoms with E-state index < -0.39 is 17.7 Å². The number of aromatic nitrogens is 2. The number of azide groups is 1. The van der Waals surface area contributed by atoms with Crippen LogP contribution in [0.2, 0.25) is 0 Å².